The second-order valence-electron chi connectivity index (χ2n) is 6.20. The zero-order valence-electron chi connectivity index (χ0n) is 13.8. The van der Waals surface area contributed by atoms with Gasteiger partial charge in [0.15, 0.2) is 5.69 Å². The molecule has 0 saturated carbocycles. The van der Waals surface area contributed by atoms with Crippen LogP contribution < -0.4 is 0 Å². The molecule has 1 aliphatic heterocycles. The summed E-state index contributed by atoms with van der Waals surface area (Å²) in [6.07, 6.45) is 1.29. The average molecular weight is 328 g/mol. The van der Waals surface area contributed by atoms with E-state index in [0.29, 0.717) is 25.1 Å². The number of rotatable bonds is 3. The highest BCUT2D eigenvalue weighted by Crippen LogP contribution is 2.20. The van der Waals surface area contributed by atoms with Crippen molar-refractivity contribution < 1.29 is 14.7 Å². The molecule has 1 aliphatic rings. The average Bonchev–Trinajstić information content (AvgIpc) is 2.96. The minimum atomic E-state index is -0.854. The number of benzene rings is 1. The number of carboxylic acid groups (broad SMARTS) is 1. The van der Waals surface area contributed by atoms with E-state index in [1.165, 1.54) is 0 Å². The van der Waals surface area contributed by atoms with Crippen LogP contribution in [0.25, 0.3) is 5.69 Å². The fraction of sp³-hybridized carbons (Fsp3) is 0.412. The number of carbonyl (C=O) groups is 2. The van der Waals surface area contributed by atoms with Crippen molar-refractivity contribution >= 4 is 11.9 Å². The Morgan fingerprint density at radius 1 is 1.21 bits per heavy atom. The van der Waals surface area contributed by atoms with Crippen molar-refractivity contribution in [3.8, 4) is 5.69 Å². The molecule has 1 saturated heterocycles. The van der Waals surface area contributed by atoms with Crippen LogP contribution in [-0.2, 0) is 4.79 Å². The van der Waals surface area contributed by atoms with Crippen molar-refractivity contribution in [3.05, 3.63) is 41.2 Å². The summed E-state index contributed by atoms with van der Waals surface area (Å²) in [5.74, 6) is -1.61. The van der Waals surface area contributed by atoms with Gasteiger partial charge >= 0.3 is 5.97 Å². The van der Waals surface area contributed by atoms with Gasteiger partial charge in [-0.15, -0.1) is 5.10 Å². The number of carbonyl (C=O) groups excluding carboxylic acids is 1. The number of carboxylic acids is 1. The van der Waals surface area contributed by atoms with Gasteiger partial charge in [0.25, 0.3) is 5.91 Å². The first-order chi connectivity index (χ1) is 11.5. The lowest BCUT2D eigenvalue weighted by atomic mass is 9.98. The molecule has 7 heteroatoms. The summed E-state index contributed by atoms with van der Waals surface area (Å²) in [4.78, 5) is 25.4. The molecular weight excluding hydrogens is 308 g/mol. The number of nitrogens with zero attached hydrogens (tertiary/aromatic N) is 4. The normalized spacial score (nSPS) is 17.8. The van der Waals surface area contributed by atoms with E-state index in [1.807, 2.05) is 31.2 Å². The van der Waals surface area contributed by atoms with E-state index in [1.54, 1.807) is 16.5 Å². The van der Waals surface area contributed by atoms with Crippen molar-refractivity contribution in [3.63, 3.8) is 0 Å². The number of aromatic nitrogens is 3. The zero-order chi connectivity index (χ0) is 17.3. The molecule has 0 aliphatic carbocycles. The van der Waals surface area contributed by atoms with Crippen LogP contribution in [0, 0.1) is 19.8 Å². The molecule has 1 N–H and O–H groups in total. The number of amides is 1. The third kappa shape index (κ3) is 3.02. The Balaban J connectivity index is 1.83. The standard InChI is InChI=1S/C17H20N4O3/c1-11-5-7-14(8-6-11)21-12(2)15(18-19-21)16(22)20-9-3-4-13(10-20)17(23)24/h5-8,13H,3-4,9-10H2,1-2H3,(H,23,24). The molecule has 126 valence electrons. The van der Waals surface area contributed by atoms with Crippen molar-refractivity contribution in [1.29, 1.82) is 0 Å². The summed E-state index contributed by atoms with van der Waals surface area (Å²) in [6, 6.07) is 7.79. The van der Waals surface area contributed by atoms with E-state index in [-0.39, 0.29) is 18.1 Å². The highest BCUT2D eigenvalue weighted by Gasteiger charge is 2.31. The van der Waals surface area contributed by atoms with E-state index < -0.39 is 11.9 Å². The van der Waals surface area contributed by atoms with Gasteiger partial charge in [-0.2, -0.15) is 0 Å². The summed E-state index contributed by atoms with van der Waals surface area (Å²) in [5.41, 5.74) is 2.91. The van der Waals surface area contributed by atoms with Gasteiger partial charge in [0.1, 0.15) is 0 Å². The van der Waals surface area contributed by atoms with Gasteiger partial charge in [-0.1, -0.05) is 22.9 Å². The first kappa shape index (κ1) is 16.2. The van der Waals surface area contributed by atoms with Crippen LogP contribution in [0.15, 0.2) is 24.3 Å². The van der Waals surface area contributed by atoms with Crippen LogP contribution in [0.5, 0.6) is 0 Å². The summed E-state index contributed by atoms with van der Waals surface area (Å²) < 4.78 is 1.63. The summed E-state index contributed by atoms with van der Waals surface area (Å²) >= 11 is 0. The molecular formula is C17H20N4O3. The fourth-order valence-electron chi connectivity index (χ4n) is 2.97. The minimum absolute atomic E-state index is 0.227. The number of piperidine rings is 1. The summed E-state index contributed by atoms with van der Waals surface area (Å²) in [6.45, 7) is 4.58. The Morgan fingerprint density at radius 3 is 2.58 bits per heavy atom. The van der Waals surface area contributed by atoms with E-state index in [9.17, 15) is 9.59 Å². The summed E-state index contributed by atoms with van der Waals surface area (Å²) in [5, 5.41) is 17.3. The second kappa shape index (κ2) is 6.43. The lowest BCUT2D eigenvalue weighted by Crippen LogP contribution is -2.42. The zero-order valence-corrected chi connectivity index (χ0v) is 13.8. The quantitative estimate of drug-likeness (QED) is 0.928. The molecule has 2 heterocycles. The van der Waals surface area contributed by atoms with Gasteiger partial charge in [0.2, 0.25) is 0 Å². The molecule has 2 aromatic rings. The van der Waals surface area contributed by atoms with E-state index in [4.69, 9.17) is 5.11 Å². The van der Waals surface area contributed by atoms with Crippen LogP contribution in [0.2, 0.25) is 0 Å². The molecule has 1 fully saturated rings. The number of likely N-dealkylation sites (tertiary alicyclic amines) is 1. The number of hydrogen-bond acceptors (Lipinski definition) is 4. The largest absolute Gasteiger partial charge is 0.481 e. The van der Waals surface area contributed by atoms with Crippen molar-refractivity contribution in [2.45, 2.75) is 26.7 Å². The monoisotopic (exact) mass is 328 g/mol. The van der Waals surface area contributed by atoms with Crippen molar-refractivity contribution in [2.75, 3.05) is 13.1 Å². The molecule has 3 rings (SSSR count). The predicted molar refractivity (Wildman–Crippen MR) is 87.1 cm³/mol. The smallest absolute Gasteiger partial charge is 0.308 e. The lowest BCUT2D eigenvalue weighted by molar-refractivity contribution is -0.143. The van der Waals surface area contributed by atoms with Crippen LogP contribution in [-0.4, -0.2) is 50.0 Å². The topological polar surface area (TPSA) is 88.3 Å². The van der Waals surface area contributed by atoms with Crippen molar-refractivity contribution in [2.24, 2.45) is 5.92 Å². The fourth-order valence-corrected chi connectivity index (χ4v) is 2.97. The molecule has 1 amide bonds. The first-order valence-corrected chi connectivity index (χ1v) is 7.99. The molecule has 0 spiro atoms. The van der Waals surface area contributed by atoms with Gasteiger partial charge in [0.05, 0.1) is 17.3 Å². The van der Waals surface area contributed by atoms with Gasteiger partial charge < -0.3 is 10.0 Å². The molecule has 0 bridgehead atoms. The maximum Gasteiger partial charge on any atom is 0.308 e. The van der Waals surface area contributed by atoms with E-state index in [2.05, 4.69) is 10.3 Å². The van der Waals surface area contributed by atoms with Crippen molar-refractivity contribution in [1.82, 2.24) is 19.9 Å². The Hall–Kier alpha value is -2.70. The number of aryl methyl sites for hydroxylation is 1. The SMILES string of the molecule is Cc1ccc(-n2nnc(C(=O)N3CCCC(C(=O)O)C3)c2C)cc1. The second-order valence-corrected chi connectivity index (χ2v) is 6.20. The number of aliphatic carboxylic acids is 1. The lowest BCUT2D eigenvalue weighted by Gasteiger charge is -2.30. The molecule has 24 heavy (non-hydrogen) atoms. The molecule has 0 radical (unpaired) electrons. The molecule has 1 aromatic carbocycles. The van der Waals surface area contributed by atoms with Crippen LogP contribution >= 0.6 is 0 Å². The molecule has 7 nitrogen and oxygen atoms in total. The third-order valence-corrected chi connectivity index (χ3v) is 4.43. The third-order valence-electron chi connectivity index (χ3n) is 4.43. The number of hydrogen-bond donors (Lipinski definition) is 1. The van der Waals surface area contributed by atoms with Gasteiger partial charge in [-0.25, -0.2) is 4.68 Å². The predicted octanol–water partition coefficient (Wildman–Crippen LogP) is 1.82. The maximum absolute atomic E-state index is 12.7. The Bertz CT molecular complexity index is 767. The van der Waals surface area contributed by atoms with E-state index >= 15 is 0 Å². The molecule has 1 atom stereocenters. The van der Waals surface area contributed by atoms with Crippen LogP contribution in [0.3, 0.4) is 0 Å². The highest BCUT2D eigenvalue weighted by atomic mass is 16.4. The Labute approximate surface area is 139 Å². The first-order valence-electron chi connectivity index (χ1n) is 7.99. The minimum Gasteiger partial charge on any atom is -0.481 e. The highest BCUT2D eigenvalue weighted by molar-refractivity contribution is 5.93. The Kier molecular flexibility index (Phi) is 4.33. The van der Waals surface area contributed by atoms with Crippen LogP contribution in [0.1, 0.15) is 34.6 Å². The molecule has 1 aromatic heterocycles. The van der Waals surface area contributed by atoms with E-state index in [0.717, 1.165) is 11.3 Å². The van der Waals surface area contributed by atoms with Crippen LogP contribution in [0.4, 0.5) is 0 Å². The summed E-state index contributed by atoms with van der Waals surface area (Å²) in [7, 11) is 0. The maximum atomic E-state index is 12.7. The Morgan fingerprint density at radius 2 is 1.92 bits per heavy atom. The molecule has 1 unspecified atom stereocenters. The van der Waals surface area contributed by atoms with Gasteiger partial charge in [-0.05, 0) is 38.8 Å². The van der Waals surface area contributed by atoms with Gasteiger partial charge in [-0.3, -0.25) is 9.59 Å². The van der Waals surface area contributed by atoms with Gasteiger partial charge in [0, 0.05) is 13.1 Å².